The first-order valence-corrected chi connectivity index (χ1v) is 10.1. The fourth-order valence-electron chi connectivity index (χ4n) is 2.26. The van der Waals surface area contributed by atoms with E-state index >= 15 is 0 Å². The lowest BCUT2D eigenvalue weighted by Gasteiger charge is -2.11. The zero-order chi connectivity index (χ0) is 21.2. The summed E-state index contributed by atoms with van der Waals surface area (Å²) in [5.41, 5.74) is 6.11. The summed E-state index contributed by atoms with van der Waals surface area (Å²) in [6.07, 6.45) is 0.739. The third-order valence-corrected chi connectivity index (χ3v) is 4.78. The highest BCUT2D eigenvalue weighted by Crippen LogP contribution is 2.26. The normalized spacial score (nSPS) is 10.2. The van der Waals surface area contributed by atoms with E-state index in [4.69, 9.17) is 16.3 Å². The zero-order valence-corrected chi connectivity index (χ0v) is 18.1. The van der Waals surface area contributed by atoms with Gasteiger partial charge in [0.25, 0.3) is 5.91 Å². The van der Waals surface area contributed by atoms with Crippen LogP contribution in [0.2, 0.25) is 5.02 Å². The maximum Gasteiger partial charge on any atom is 0.276 e. The number of carbonyl (C=O) groups excluding carboxylic acids is 3. The molecule has 154 valence electrons. The number of anilines is 1. The molecule has 0 bridgehead atoms. The molecule has 3 N–H and O–H groups in total. The van der Waals surface area contributed by atoms with Crippen molar-refractivity contribution >= 4 is 50.9 Å². The van der Waals surface area contributed by atoms with Gasteiger partial charge in [0.05, 0.1) is 15.2 Å². The number of benzene rings is 2. The molecule has 0 unspecified atom stereocenters. The predicted molar refractivity (Wildman–Crippen MR) is 115 cm³/mol. The second kappa shape index (κ2) is 11.4. The molecule has 0 atom stereocenters. The maximum absolute atomic E-state index is 11.9. The highest BCUT2D eigenvalue weighted by atomic mass is 79.9. The Labute approximate surface area is 182 Å². The van der Waals surface area contributed by atoms with E-state index in [1.54, 1.807) is 30.3 Å². The van der Waals surface area contributed by atoms with Crippen LogP contribution in [-0.4, -0.2) is 24.3 Å². The zero-order valence-electron chi connectivity index (χ0n) is 15.8. The van der Waals surface area contributed by atoms with Crippen molar-refractivity contribution in [2.24, 2.45) is 0 Å². The van der Waals surface area contributed by atoms with Crippen molar-refractivity contribution in [1.82, 2.24) is 10.9 Å². The predicted octanol–water partition coefficient (Wildman–Crippen LogP) is 3.61. The Balaban J connectivity index is 1.67. The number of nitrogens with one attached hydrogen (secondary N) is 3. The highest BCUT2D eigenvalue weighted by molar-refractivity contribution is 9.10. The average Bonchev–Trinajstić information content (AvgIpc) is 2.71. The summed E-state index contributed by atoms with van der Waals surface area (Å²) in [6.45, 7) is 1.77. The van der Waals surface area contributed by atoms with Crippen molar-refractivity contribution in [3.05, 3.63) is 57.5 Å². The molecule has 0 saturated heterocycles. The lowest BCUT2D eigenvalue weighted by molar-refractivity contribution is -0.130. The molecular formula is C20H21BrClN3O4. The Morgan fingerprint density at radius 2 is 1.69 bits per heavy atom. The second-order valence-corrected chi connectivity index (χ2v) is 7.29. The molecule has 0 radical (unpaired) electrons. The molecule has 0 saturated carbocycles. The van der Waals surface area contributed by atoms with Crippen LogP contribution in [0.25, 0.3) is 0 Å². The van der Waals surface area contributed by atoms with Crippen molar-refractivity contribution in [3.63, 3.8) is 0 Å². The number of amides is 3. The molecule has 0 aliphatic rings. The van der Waals surface area contributed by atoms with Gasteiger partial charge in [-0.3, -0.25) is 25.2 Å². The van der Waals surface area contributed by atoms with Gasteiger partial charge >= 0.3 is 0 Å². The van der Waals surface area contributed by atoms with E-state index in [0.29, 0.717) is 16.5 Å². The van der Waals surface area contributed by atoms with Gasteiger partial charge in [0, 0.05) is 12.8 Å². The maximum atomic E-state index is 11.9. The van der Waals surface area contributed by atoms with Crippen molar-refractivity contribution in [2.75, 3.05) is 11.9 Å². The van der Waals surface area contributed by atoms with Gasteiger partial charge in [-0.25, -0.2) is 0 Å². The summed E-state index contributed by atoms with van der Waals surface area (Å²) in [7, 11) is 0. The van der Waals surface area contributed by atoms with Crippen LogP contribution in [0.15, 0.2) is 46.9 Å². The van der Waals surface area contributed by atoms with Gasteiger partial charge in [0.15, 0.2) is 6.61 Å². The van der Waals surface area contributed by atoms with Crippen LogP contribution in [0.3, 0.4) is 0 Å². The largest absolute Gasteiger partial charge is 0.483 e. The molecular weight excluding hydrogens is 462 g/mol. The smallest absolute Gasteiger partial charge is 0.276 e. The fraction of sp³-hybridized carbons (Fsp3) is 0.250. The van der Waals surface area contributed by atoms with Crippen molar-refractivity contribution in [3.8, 4) is 5.75 Å². The molecule has 7 nitrogen and oxygen atoms in total. The van der Waals surface area contributed by atoms with Gasteiger partial charge in [-0.2, -0.15) is 0 Å². The van der Waals surface area contributed by atoms with E-state index in [-0.39, 0.29) is 25.4 Å². The standard InChI is InChI=1S/C20H21BrClN3O4/c1-2-13-7-8-17(14(21)11-13)29-12-20(28)25-24-19(27)10-9-18(26)23-16-6-4-3-5-15(16)22/h3-8,11H,2,9-10,12H2,1H3,(H,23,26)(H,24,27)(H,25,28). The number of rotatable bonds is 8. The highest BCUT2D eigenvalue weighted by Gasteiger charge is 2.11. The van der Waals surface area contributed by atoms with Crippen LogP contribution in [0.1, 0.15) is 25.3 Å². The summed E-state index contributed by atoms with van der Waals surface area (Å²) in [5.74, 6) is -0.852. The molecule has 0 aliphatic heterocycles. The Bertz CT molecular complexity index is 892. The van der Waals surface area contributed by atoms with Gasteiger partial charge in [0.1, 0.15) is 5.75 Å². The first-order valence-electron chi connectivity index (χ1n) is 8.92. The topological polar surface area (TPSA) is 96.5 Å². The summed E-state index contributed by atoms with van der Waals surface area (Å²) in [5, 5.41) is 3.03. The van der Waals surface area contributed by atoms with Crippen LogP contribution in [0.4, 0.5) is 5.69 Å². The van der Waals surface area contributed by atoms with E-state index in [1.807, 2.05) is 19.1 Å². The second-order valence-electron chi connectivity index (χ2n) is 6.03. The molecule has 0 fully saturated rings. The van der Waals surface area contributed by atoms with Gasteiger partial charge in [0.2, 0.25) is 11.8 Å². The Morgan fingerprint density at radius 1 is 1.00 bits per heavy atom. The molecule has 2 aromatic rings. The molecule has 0 aromatic heterocycles. The Kier molecular flexibility index (Phi) is 8.95. The summed E-state index contributed by atoms with van der Waals surface area (Å²) >= 11 is 9.35. The summed E-state index contributed by atoms with van der Waals surface area (Å²) in [6, 6.07) is 12.4. The molecule has 0 aliphatic carbocycles. The van der Waals surface area contributed by atoms with E-state index in [9.17, 15) is 14.4 Å². The van der Waals surface area contributed by atoms with Crippen molar-refractivity contribution in [1.29, 1.82) is 0 Å². The average molecular weight is 483 g/mol. The van der Waals surface area contributed by atoms with Crippen LogP contribution >= 0.6 is 27.5 Å². The third kappa shape index (κ3) is 7.75. The van der Waals surface area contributed by atoms with Crippen LogP contribution < -0.4 is 20.9 Å². The van der Waals surface area contributed by atoms with E-state index < -0.39 is 11.8 Å². The molecule has 9 heteroatoms. The van der Waals surface area contributed by atoms with E-state index in [2.05, 4.69) is 32.1 Å². The number of aryl methyl sites for hydroxylation is 1. The van der Waals surface area contributed by atoms with Gasteiger partial charge in [-0.1, -0.05) is 36.7 Å². The first-order chi connectivity index (χ1) is 13.9. The summed E-state index contributed by atoms with van der Waals surface area (Å²) in [4.78, 5) is 35.5. The van der Waals surface area contributed by atoms with Crippen LogP contribution in [0.5, 0.6) is 5.75 Å². The number of ether oxygens (including phenoxy) is 1. The molecule has 0 heterocycles. The lowest BCUT2D eigenvalue weighted by atomic mass is 10.2. The van der Waals surface area contributed by atoms with E-state index in [0.717, 1.165) is 16.5 Å². The first kappa shape index (κ1) is 22.7. The molecule has 29 heavy (non-hydrogen) atoms. The number of hydrazine groups is 1. The molecule has 0 spiro atoms. The third-order valence-electron chi connectivity index (χ3n) is 3.83. The van der Waals surface area contributed by atoms with Crippen LogP contribution in [-0.2, 0) is 20.8 Å². The minimum atomic E-state index is -0.523. The lowest BCUT2D eigenvalue weighted by Crippen LogP contribution is -2.44. The van der Waals surface area contributed by atoms with Crippen LogP contribution in [0, 0.1) is 0 Å². The number of carbonyl (C=O) groups is 3. The molecule has 2 aromatic carbocycles. The quantitative estimate of drug-likeness (QED) is 0.501. The minimum absolute atomic E-state index is 0.0554. The van der Waals surface area contributed by atoms with Gasteiger partial charge in [-0.05, 0) is 52.2 Å². The monoisotopic (exact) mass is 481 g/mol. The molecule has 2 rings (SSSR count). The summed E-state index contributed by atoms with van der Waals surface area (Å²) < 4.78 is 6.17. The number of para-hydroxylation sites is 1. The number of hydrogen-bond acceptors (Lipinski definition) is 4. The van der Waals surface area contributed by atoms with Crippen molar-refractivity contribution in [2.45, 2.75) is 26.2 Å². The molecule has 3 amide bonds. The van der Waals surface area contributed by atoms with Crippen molar-refractivity contribution < 1.29 is 19.1 Å². The Morgan fingerprint density at radius 3 is 2.38 bits per heavy atom. The Hall–Kier alpha value is -2.58. The SMILES string of the molecule is CCc1ccc(OCC(=O)NNC(=O)CCC(=O)Nc2ccccc2Cl)c(Br)c1. The van der Waals surface area contributed by atoms with Gasteiger partial charge in [-0.15, -0.1) is 0 Å². The van der Waals surface area contributed by atoms with E-state index in [1.165, 1.54) is 0 Å². The number of halogens is 2. The minimum Gasteiger partial charge on any atom is -0.483 e. The fourth-order valence-corrected chi connectivity index (χ4v) is 2.99. The van der Waals surface area contributed by atoms with Gasteiger partial charge < -0.3 is 10.1 Å². The number of hydrogen-bond donors (Lipinski definition) is 3.